The Hall–Kier alpha value is -3.23. The highest BCUT2D eigenvalue weighted by atomic mass is 16.5. The van der Waals surface area contributed by atoms with Crippen molar-refractivity contribution >= 4 is 17.1 Å². The molecule has 8 heteroatoms. The number of benzene rings is 1. The summed E-state index contributed by atoms with van der Waals surface area (Å²) in [5.74, 6) is -0.452. The maximum atomic E-state index is 12.8. The zero-order chi connectivity index (χ0) is 26.8. The van der Waals surface area contributed by atoms with Crippen LogP contribution in [0.4, 0.5) is 0 Å². The monoisotopic (exact) mass is 509 g/mol. The number of aromatic nitrogens is 1. The molecule has 0 aliphatic rings. The number of ether oxygens (including phenoxy) is 1. The molecule has 8 nitrogen and oxygen atoms in total. The number of fused-ring (bicyclic) bond motifs is 1. The van der Waals surface area contributed by atoms with Gasteiger partial charge in [-0.05, 0) is 49.9 Å². The van der Waals surface area contributed by atoms with E-state index in [1.165, 1.54) is 6.07 Å². The van der Waals surface area contributed by atoms with Crippen molar-refractivity contribution in [2.75, 3.05) is 13.2 Å². The van der Waals surface area contributed by atoms with Gasteiger partial charge in [-0.3, -0.25) is 14.2 Å². The minimum Gasteiger partial charge on any atom is -0.464 e. The molecule has 0 radical (unpaired) electrons. The second-order valence-electron chi connectivity index (χ2n) is 9.93. The maximum Gasteiger partial charge on any atom is 0.345 e. The van der Waals surface area contributed by atoms with Gasteiger partial charge in [0.05, 0.1) is 12.2 Å². The molecule has 0 amide bonds. The molecule has 200 valence electrons. The lowest BCUT2D eigenvalue weighted by atomic mass is 10.0. The number of aryl methyl sites for hydroxylation is 2. The van der Waals surface area contributed by atoms with Gasteiger partial charge in [0, 0.05) is 24.5 Å². The lowest BCUT2D eigenvalue weighted by Crippen LogP contribution is -2.52. The van der Waals surface area contributed by atoms with Crippen LogP contribution >= 0.6 is 0 Å². The van der Waals surface area contributed by atoms with E-state index in [0.717, 1.165) is 67.9 Å². The number of nitrogens with two attached hydrogens (primary N) is 2. The number of nitrogens with zero attached hydrogens (tertiary/aromatic N) is 1. The van der Waals surface area contributed by atoms with Crippen LogP contribution in [0.15, 0.2) is 56.5 Å². The average Bonchev–Trinajstić information content (AvgIpc) is 2.88. The summed E-state index contributed by atoms with van der Waals surface area (Å²) in [6, 6.07) is 12.7. The van der Waals surface area contributed by atoms with Crippen LogP contribution < -0.4 is 22.7 Å². The zero-order valence-corrected chi connectivity index (χ0v) is 22.0. The van der Waals surface area contributed by atoms with Crippen molar-refractivity contribution in [1.29, 1.82) is 0 Å². The molecule has 37 heavy (non-hydrogen) atoms. The smallest absolute Gasteiger partial charge is 0.345 e. The van der Waals surface area contributed by atoms with Gasteiger partial charge in [0.1, 0.15) is 5.54 Å². The maximum absolute atomic E-state index is 12.8. The van der Waals surface area contributed by atoms with Crippen LogP contribution in [0.3, 0.4) is 0 Å². The van der Waals surface area contributed by atoms with Crippen molar-refractivity contribution < 1.29 is 13.9 Å². The lowest BCUT2D eigenvalue weighted by molar-refractivity contribution is -0.149. The lowest BCUT2D eigenvalue weighted by Gasteiger charge is -2.19. The van der Waals surface area contributed by atoms with Crippen molar-refractivity contribution in [3.05, 3.63) is 68.8 Å². The van der Waals surface area contributed by atoms with E-state index < -0.39 is 17.1 Å². The van der Waals surface area contributed by atoms with Crippen LogP contribution in [0.2, 0.25) is 0 Å². The highest BCUT2D eigenvalue weighted by Gasteiger charge is 2.28. The molecular weight excluding hydrogens is 470 g/mol. The highest BCUT2D eigenvalue weighted by molar-refractivity contribution is 5.80. The molecule has 2 heterocycles. The molecule has 0 spiro atoms. The van der Waals surface area contributed by atoms with Gasteiger partial charge in [-0.25, -0.2) is 4.79 Å². The first-order valence-electron chi connectivity index (χ1n) is 13.1. The number of carbonyl (C=O) groups is 1. The molecule has 3 rings (SSSR count). The van der Waals surface area contributed by atoms with Gasteiger partial charge >= 0.3 is 11.6 Å². The fourth-order valence-electron chi connectivity index (χ4n) is 4.28. The number of pyridine rings is 1. The van der Waals surface area contributed by atoms with Crippen molar-refractivity contribution in [1.82, 2.24) is 4.57 Å². The van der Waals surface area contributed by atoms with E-state index in [-0.39, 0.29) is 12.1 Å². The molecule has 0 saturated carbocycles. The van der Waals surface area contributed by atoms with E-state index in [9.17, 15) is 14.4 Å². The van der Waals surface area contributed by atoms with Gasteiger partial charge < -0.3 is 20.6 Å². The molecule has 1 unspecified atom stereocenters. The van der Waals surface area contributed by atoms with Crippen LogP contribution in [0.1, 0.15) is 63.9 Å². The van der Waals surface area contributed by atoms with E-state index >= 15 is 0 Å². The van der Waals surface area contributed by atoms with Gasteiger partial charge in [0.2, 0.25) is 5.71 Å². The van der Waals surface area contributed by atoms with Crippen LogP contribution in [0.25, 0.3) is 22.2 Å². The van der Waals surface area contributed by atoms with Crippen LogP contribution in [-0.2, 0) is 16.1 Å². The van der Waals surface area contributed by atoms with Gasteiger partial charge in [-0.1, -0.05) is 62.8 Å². The Morgan fingerprint density at radius 2 is 1.59 bits per heavy atom. The zero-order valence-electron chi connectivity index (χ0n) is 22.0. The summed E-state index contributed by atoms with van der Waals surface area (Å²) in [5, 5.41) is 0.738. The van der Waals surface area contributed by atoms with E-state index in [1.807, 2.05) is 37.3 Å². The first kappa shape index (κ1) is 28.3. The van der Waals surface area contributed by atoms with Crippen LogP contribution in [-0.4, -0.2) is 29.2 Å². The summed E-state index contributed by atoms with van der Waals surface area (Å²) in [6.45, 7) is 4.47. The molecule has 1 aromatic carbocycles. The van der Waals surface area contributed by atoms with E-state index in [2.05, 4.69) is 0 Å². The fraction of sp³-hybridized carbons (Fsp3) is 0.483. The molecule has 1 atom stereocenters. The van der Waals surface area contributed by atoms with Gasteiger partial charge in [0.15, 0.2) is 0 Å². The summed E-state index contributed by atoms with van der Waals surface area (Å²) in [5.41, 5.74) is 12.2. The number of carbonyl (C=O) groups excluding carboxylic acids is 1. The Balaban J connectivity index is 1.43. The number of hydrogen-bond donors (Lipinski definition) is 2. The van der Waals surface area contributed by atoms with E-state index in [0.29, 0.717) is 24.4 Å². The molecule has 0 fully saturated rings. The molecule has 0 aliphatic heterocycles. The number of rotatable bonds is 14. The first-order chi connectivity index (χ1) is 17.7. The molecular formula is C29H39N3O5. The quantitative estimate of drug-likeness (QED) is 0.245. The third-order valence-electron chi connectivity index (χ3n) is 6.71. The third-order valence-corrected chi connectivity index (χ3v) is 6.71. The third kappa shape index (κ3) is 7.63. The Labute approximate surface area is 217 Å². The predicted octanol–water partition coefficient (Wildman–Crippen LogP) is 4.27. The minimum absolute atomic E-state index is 0.0598. The number of esters is 1. The van der Waals surface area contributed by atoms with Crippen molar-refractivity contribution in [3.63, 3.8) is 0 Å². The second kappa shape index (κ2) is 13.4. The minimum atomic E-state index is -1.12. The molecule has 2 aromatic heterocycles. The molecule has 3 aromatic rings. The number of unbranched alkanes of at least 4 members (excludes halogenated alkanes) is 7. The molecule has 0 saturated heterocycles. The summed E-state index contributed by atoms with van der Waals surface area (Å²) >= 11 is 0. The summed E-state index contributed by atoms with van der Waals surface area (Å²) in [4.78, 5) is 37.0. The molecule has 0 aliphatic carbocycles. The topological polar surface area (TPSA) is 131 Å². The normalized spacial score (nSPS) is 13.0. The van der Waals surface area contributed by atoms with Crippen molar-refractivity contribution in [2.24, 2.45) is 11.5 Å². The molecule has 0 bridgehead atoms. The van der Waals surface area contributed by atoms with Crippen LogP contribution in [0.5, 0.6) is 0 Å². The second-order valence-corrected chi connectivity index (χ2v) is 9.93. The molecule has 4 N–H and O–H groups in total. The SMILES string of the molecule is Cc1ccccc1-c1cc2ccc(=O)n(CCCCCCCCCCOC(=O)C(C)(N)CN)c2oc1=O. The Morgan fingerprint density at radius 1 is 0.946 bits per heavy atom. The van der Waals surface area contributed by atoms with Gasteiger partial charge in [0.25, 0.3) is 5.56 Å². The summed E-state index contributed by atoms with van der Waals surface area (Å²) < 4.78 is 12.4. The van der Waals surface area contributed by atoms with Gasteiger partial charge in [-0.15, -0.1) is 0 Å². The largest absolute Gasteiger partial charge is 0.464 e. The summed E-state index contributed by atoms with van der Waals surface area (Å²) in [7, 11) is 0. The van der Waals surface area contributed by atoms with Crippen LogP contribution in [0, 0.1) is 6.92 Å². The first-order valence-corrected chi connectivity index (χ1v) is 13.1. The predicted molar refractivity (Wildman–Crippen MR) is 146 cm³/mol. The summed E-state index contributed by atoms with van der Waals surface area (Å²) in [6.07, 6.45) is 7.98. The Morgan fingerprint density at radius 3 is 2.27 bits per heavy atom. The van der Waals surface area contributed by atoms with Crippen molar-refractivity contribution in [3.8, 4) is 11.1 Å². The van der Waals surface area contributed by atoms with Crippen molar-refractivity contribution in [2.45, 2.75) is 77.3 Å². The standard InChI is InChI=1S/C29H39N3O5/c1-21-13-9-10-14-23(21)24-19-22-15-16-25(33)32(26(22)37-27(24)34)17-11-7-5-3-4-6-8-12-18-36-28(35)29(2,31)20-30/h9-10,13-16,19H,3-8,11-12,17-18,20,30-31H2,1-2H3. The Bertz CT molecular complexity index is 1310. The van der Waals surface area contributed by atoms with Gasteiger partial charge in [-0.2, -0.15) is 0 Å². The fourth-order valence-corrected chi connectivity index (χ4v) is 4.28. The highest BCUT2D eigenvalue weighted by Crippen LogP contribution is 2.23. The van der Waals surface area contributed by atoms with E-state index in [1.54, 1.807) is 17.6 Å². The van der Waals surface area contributed by atoms with E-state index in [4.69, 9.17) is 20.6 Å². The average molecular weight is 510 g/mol. The number of hydrogen-bond acceptors (Lipinski definition) is 7. The Kier molecular flexibility index (Phi) is 10.2.